The zero-order valence-electron chi connectivity index (χ0n) is 13.1. The maximum absolute atomic E-state index is 5.66. The topological polar surface area (TPSA) is 38.5 Å². The molecule has 0 amide bonds. The van der Waals surface area contributed by atoms with E-state index in [4.69, 9.17) is 10.5 Å². The lowest BCUT2D eigenvalue weighted by Gasteiger charge is -2.32. The van der Waals surface area contributed by atoms with E-state index in [2.05, 4.69) is 36.9 Å². The van der Waals surface area contributed by atoms with Crippen molar-refractivity contribution in [1.82, 2.24) is 0 Å². The number of rotatable bonds is 8. The normalized spacial score (nSPS) is 16.2. The van der Waals surface area contributed by atoms with E-state index in [1.165, 1.54) is 29.7 Å². The molecule has 0 heterocycles. The Morgan fingerprint density at radius 3 is 2.70 bits per heavy atom. The Balaban J connectivity index is 2.16. The molecule has 0 bridgehead atoms. The molecule has 2 N–H and O–H groups in total. The van der Waals surface area contributed by atoms with Gasteiger partial charge in [-0.3, -0.25) is 0 Å². The van der Waals surface area contributed by atoms with Gasteiger partial charge < -0.3 is 15.4 Å². The Morgan fingerprint density at radius 1 is 1.40 bits per heavy atom. The van der Waals surface area contributed by atoms with Crippen LogP contribution in [0.25, 0.3) is 0 Å². The van der Waals surface area contributed by atoms with E-state index >= 15 is 0 Å². The Morgan fingerprint density at radius 2 is 2.15 bits per heavy atom. The number of hydrogen-bond donors (Lipinski definition) is 1. The highest BCUT2D eigenvalue weighted by Crippen LogP contribution is 2.37. The van der Waals surface area contributed by atoms with Gasteiger partial charge >= 0.3 is 0 Å². The fourth-order valence-electron chi connectivity index (χ4n) is 2.89. The largest absolute Gasteiger partial charge is 0.383 e. The van der Waals surface area contributed by atoms with Gasteiger partial charge in [0.1, 0.15) is 0 Å². The molecule has 0 spiro atoms. The third-order valence-corrected chi connectivity index (χ3v) is 4.40. The number of benzene rings is 1. The molecule has 1 saturated carbocycles. The molecule has 0 aromatic heterocycles. The summed E-state index contributed by atoms with van der Waals surface area (Å²) in [5.41, 5.74) is 9.69. The van der Waals surface area contributed by atoms with E-state index in [0.717, 1.165) is 25.5 Å². The van der Waals surface area contributed by atoms with Crippen LogP contribution >= 0.6 is 0 Å². The SMILES string of the molecule is COCCN(c1ccc(CCN)c(C)c1)C(C)C1CC1. The molecule has 0 saturated heterocycles. The van der Waals surface area contributed by atoms with Crippen molar-refractivity contribution >= 4 is 5.69 Å². The standard InChI is InChI=1S/C17H28N2O/c1-13-12-17(7-6-15(13)8-9-18)19(10-11-20-3)14(2)16-4-5-16/h6-7,12,14,16H,4-5,8-11,18H2,1-3H3. The average molecular weight is 276 g/mol. The first kappa shape index (κ1) is 15.3. The molecule has 0 aliphatic heterocycles. The van der Waals surface area contributed by atoms with Crippen LogP contribution in [0.2, 0.25) is 0 Å². The number of anilines is 1. The van der Waals surface area contributed by atoms with Crippen molar-refractivity contribution in [2.45, 2.75) is 39.2 Å². The van der Waals surface area contributed by atoms with E-state index in [-0.39, 0.29) is 0 Å². The predicted molar refractivity (Wildman–Crippen MR) is 85.3 cm³/mol. The maximum Gasteiger partial charge on any atom is 0.0637 e. The first-order valence-electron chi connectivity index (χ1n) is 7.72. The molecule has 3 heteroatoms. The lowest BCUT2D eigenvalue weighted by molar-refractivity contribution is 0.202. The monoisotopic (exact) mass is 276 g/mol. The van der Waals surface area contributed by atoms with Gasteiger partial charge in [-0.1, -0.05) is 6.07 Å². The number of nitrogens with two attached hydrogens (primary N) is 1. The quantitative estimate of drug-likeness (QED) is 0.793. The second kappa shape index (κ2) is 7.09. The molecule has 20 heavy (non-hydrogen) atoms. The summed E-state index contributed by atoms with van der Waals surface area (Å²) in [4.78, 5) is 2.50. The van der Waals surface area contributed by atoms with Crippen LogP contribution in [0, 0.1) is 12.8 Å². The summed E-state index contributed by atoms with van der Waals surface area (Å²) in [6.07, 6.45) is 3.70. The van der Waals surface area contributed by atoms with E-state index in [0.29, 0.717) is 12.6 Å². The van der Waals surface area contributed by atoms with Crippen LogP contribution in [-0.2, 0) is 11.2 Å². The second-order valence-corrected chi connectivity index (χ2v) is 5.91. The molecule has 1 aliphatic rings. The predicted octanol–water partition coefficient (Wildman–Crippen LogP) is 2.75. The molecule has 1 fully saturated rings. The molecule has 2 rings (SSSR count). The molecule has 3 nitrogen and oxygen atoms in total. The summed E-state index contributed by atoms with van der Waals surface area (Å²) in [6, 6.07) is 7.38. The molecule has 1 unspecified atom stereocenters. The summed E-state index contributed by atoms with van der Waals surface area (Å²) in [6.45, 7) is 6.98. The molecular formula is C17H28N2O. The van der Waals surface area contributed by atoms with Crippen LogP contribution in [0.15, 0.2) is 18.2 Å². The molecule has 1 aromatic carbocycles. The molecular weight excluding hydrogens is 248 g/mol. The highest BCUT2D eigenvalue weighted by Gasteiger charge is 2.32. The summed E-state index contributed by atoms with van der Waals surface area (Å²) in [5.74, 6) is 0.857. The Kier molecular flexibility index (Phi) is 5.44. The minimum absolute atomic E-state index is 0.602. The summed E-state index contributed by atoms with van der Waals surface area (Å²) < 4.78 is 5.28. The third kappa shape index (κ3) is 3.74. The Hall–Kier alpha value is -1.06. The smallest absolute Gasteiger partial charge is 0.0637 e. The van der Waals surface area contributed by atoms with Crippen LogP contribution in [0.5, 0.6) is 0 Å². The number of nitrogens with zero attached hydrogens (tertiary/aromatic N) is 1. The van der Waals surface area contributed by atoms with Crippen molar-refractivity contribution in [1.29, 1.82) is 0 Å². The minimum atomic E-state index is 0.602. The Bertz CT molecular complexity index is 429. The maximum atomic E-state index is 5.66. The van der Waals surface area contributed by atoms with Crippen molar-refractivity contribution in [2.24, 2.45) is 11.7 Å². The van der Waals surface area contributed by atoms with E-state index in [1.54, 1.807) is 7.11 Å². The number of hydrogen-bond acceptors (Lipinski definition) is 3. The number of ether oxygens (including phenoxy) is 1. The van der Waals surface area contributed by atoms with E-state index in [9.17, 15) is 0 Å². The first-order valence-corrected chi connectivity index (χ1v) is 7.72. The lowest BCUT2D eigenvalue weighted by Crippen LogP contribution is -2.37. The van der Waals surface area contributed by atoms with Crippen LogP contribution in [0.1, 0.15) is 30.9 Å². The zero-order chi connectivity index (χ0) is 14.5. The van der Waals surface area contributed by atoms with Crippen molar-refractivity contribution in [3.8, 4) is 0 Å². The zero-order valence-corrected chi connectivity index (χ0v) is 13.1. The molecule has 1 atom stereocenters. The number of aryl methyl sites for hydroxylation is 1. The molecule has 112 valence electrons. The van der Waals surface area contributed by atoms with E-state index < -0.39 is 0 Å². The van der Waals surface area contributed by atoms with Gasteiger partial charge in [-0.2, -0.15) is 0 Å². The first-order chi connectivity index (χ1) is 9.67. The second-order valence-electron chi connectivity index (χ2n) is 5.91. The fraction of sp³-hybridized carbons (Fsp3) is 0.647. The summed E-state index contributed by atoms with van der Waals surface area (Å²) >= 11 is 0. The van der Waals surface area contributed by atoms with Gasteiger partial charge in [0.05, 0.1) is 6.61 Å². The summed E-state index contributed by atoms with van der Waals surface area (Å²) in [7, 11) is 1.77. The van der Waals surface area contributed by atoms with Gasteiger partial charge in [0, 0.05) is 25.4 Å². The van der Waals surface area contributed by atoms with Crippen molar-refractivity contribution in [3.63, 3.8) is 0 Å². The van der Waals surface area contributed by atoms with Crippen LogP contribution < -0.4 is 10.6 Å². The van der Waals surface area contributed by atoms with Crippen LogP contribution in [0.3, 0.4) is 0 Å². The molecule has 0 radical (unpaired) electrons. The lowest BCUT2D eigenvalue weighted by atomic mass is 10.0. The van der Waals surface area contributed by atoms with Crippen LogP contribution in [0.4, 0.5) is 5.69 Å². The van der Waals surface area contributed by atoms with Gasteiger partial charge in [0.2, 0.25) is 0 Å². The average Bonchev–Trinajstić information content (AvgIpc) is 3.26. The van der Waals surface area contributed by atoms with Crippen LogP contribution in [-0.4, -0.2) is 32.8 Å². The summed E-state index contributed by atoms with van der Waals surface area (Å²) in [5, 5.41) is 0. The molecule has 1 aliphatic carbocycles. The minimum Gasteiger partial charge on any atom is -0.383 e. The van der Waals surface area contributed by atoms with Gasteiger partial charge in [-0.05, 0) is 68.8 Å². The van der Waals surface area contributed by atoms with Crippen molar-refractivity contribution in [2.75, 3.05) is 31.7 Å². The van der Waals surface area contributed by atoms with Gasteiger partial charge in [-0.15, -0.1) is 0 Å². The highest BCUT2D eigenvalue weighted by atomic mass is 16.5. The van der Waals surface area contributed by atoms with Gasteiger partial charge in [0.15, 0.2) is 0 Å². The highest BCUT2D eigenvalue weighted by molar-refractivity contribution is 5.52. The van der Waals surface area contributed by atoms with Crippen molar-refractivity contribution < 1.29 is 4.74 Å². The Labute approximate surface area is 123 Å². The number of methoxy groups -OCH3 is 1. The van der Waals surface area contributed by atoms with Gasteiger partial charge in [-0.25, -0.2) is 0 Å². The van der Waals surface area contributed by atoms with Crippen molar-refractivity contribution in [3.05, 3.63) is 29.3 Å². The third-order valence-electron chi connectivity index (χ3n) is 4.40. The van der Waals surface area contributed by atoms with E-state index in [1.807, 2.05) is 0 Å². The fourth-order valence-corrected chi connectivity index (χ4v) is 2.89. The van der Waals surface area contributed by atoms with Gasteiger partial charge in [0.25, 0.3) is 0 Å². The molecule has 1 aromatic rings.